The van der Waals surface area contributed by atoms with E-state index in [0.29, 0.717) is 12.8 Å². The molecule has 86 valence electrons. The number of hydrogen-bond donors (Lipinski definition) is 0. The summed E-state index contributed by atoms with van der Waals surface area (Å²) in [7, 11) is -1.75. The second-order valence-corrected chi connectivity index (χ2v) is 9.39. The van der Waals surface area contributed by atoms with Gasteiger partial charge in [-0.2, -0.15) is 8.78 Å². The average Bonchev–Trinajstić information content (AvgIpc) is 2.09. The number of ketones is 1. The van der Waals surface area contributed by atoms with Gasteiger partial charge in [-0.05, 0) is 12.3 Å². The molecule has 0 aliphatic carbocycles. The summed E-state index contributed by atoms with van der Waals surface area (Å²) < 4.78 is 26.3. The van der Waals surface area contributed by atoms with Gasteiger partial charge in [0.15, 0.2) is 0 Å². The number of carbonyl (C=O) groups excluding carboxylic acids is 1. The molecule has 15 heavy (non-hydrogen) atoms. The van der Waals surface area contributed by atoms with Crippen molar-refractivity contribution < 1.29 is 13.6 Å². The smallest absolute Gasteiger partial charge is 0.278 e. The van der Waals surface area contributed by atoms with Crippen molar-refractivity contribution in [2.24, 2.45) is 0 Å². The molecular weight excluding hydrogens is 214 g/mol. The molecule has 0 amide bonds. The fourth-order valence-corrected chi connectivity index (χ4v) is 1.34. The number of unbranched alkanes of at least 4 members (excludes halogenated alkanes) is 1. The van der Waals surface area contributed by atoms with E-state index in [1.165, 1.54) is 0 Å². The van der Waals surface area contributed by atoms with Gasteiger partial charge >= 0.3 is 5.92 Å². The maximum absolute atomic E-state index is 13.1. The largest absolute Gasteiger partial charge is 0.317 e. The Labute approximate surface area is 91.3 Å². The zero-order valence-corrected chi connectivity index (χ0v) is 10.8. The Bertz CT molecular complexity index is 281. The molecule has 0 N–H and O–H groups in total. The molecule has 0 aromatic carbocycles. The van der Waals surface area contributed by atoms with Crippen molar-refractivity contribution in [2.75, 3.05) is 0 Å². The second-order valence-electron chi connectivity index (χ2n) is 4.64. The maximum Gasteiger partial charge on any atom is 0.317 e. The van der Waals surface area contributed by atoms with E-state index in [9.17, 15) is 13.6 Å². The molecule has 0 spiro atoms. The average molecular weight is 232 g/mol. The molecule has 0 radical (unpaired) electrons. The quantitative estimate of drug-likeness (QED) is 0.537. The molecule has 0 saturated heterocycles. The normalized spacial score (nSPS) is 11.9. The lowest BCUT2D eigenvalue weighted by Crippen LogP contribution is -2.28. The summed E-state index contributed by atoms with van der Waals surface area (Å²) in [5.74, 6) is -2.39. The first-order valence-electron chi connectivity index (χ1n) is 5.14. The van der Waals surface area contributed by atoms with Crippen molar-refractivity contribution in [3.8, 4) is 11.5 Å². The molecular formula is C11H18F2OSi. The molecule has 0 fully saturated rings. The minimum atomic E-state index is -3.26. The van der Waals surface area contributed by atoms with Gasteiger partial charge < -0.3 is 0 Å². The van der Waals surface area contributed by atoms with E-state index in [2.05, 4.69) is 11.5 Å². The summed E-state index contributed by atoms with van der Waals surface area (Å²) in [5, 5.41) is 0. The molecule has 0 unspecified atom stereocenters. The van der Waals surface area contributed by atoms with Crippen molar-refractivity contribution in [1.82, 2.24) is 0 Å². The van der Waals surface area contributed by atoms with Crippen LogP contribution in [0.15, 0.2) is 0 Å². The van der Waals surface area contributed by atoms with Crippen LogP contribution in [0.4, 0.5) is 8.78 Å². The molecule has 0 aliphatic heterocycles. The Morgan fingerprint density at radius 2 is 1.87 bits per heavy atom. The van der Waals surface area contributed by atoms with Crippen LogP contribution in [0.25, 0.3) is 0 Å². The first-order valence-corrected chi connectivity index (χ1v) is 8.64. The Morgan fingerprint density at radius 3 is 2.27 bits per heavy atom. The molecule has 0 rings (SSSR count). The summed E-state index contributed by atoms with van der Waals surface area (Å²) in [6.07, 6.45) is 0.625. The van der Waals surface area contributed by atoms with Crippen LogP contribution >= 0.6 is 0 Å². The van der Waals surface area contributed by atoms with Gasteiger partial charge in [0.2, 0.25) is 0 Å². The fourth-order valence-electron chi connectivity index (χ4n) is 0.848. The van der Waals surface area contributed by atoms with Crippen LogP contribution in [-0.4, -0.2) is 19.8 Å². The van der Waals surface area contributed by atoms with Crippen molar-refractivity contribution in [3.05, 3.63) is 0 Å². The highest BCUT2D eigenvalue weighted by Crippen LogP contribution is 2.22. The summed E-state index contributed by atoms with van der Waals surface area (Å²) in [6, 6.07) is 0. The summed E-state index contributed by atoms with van der Waals surface area (Å²) >= 11 is 0. The summed E-state index contributed by atoms with van der Waals surface area (Å²) in [4.78, 5) is 11.1. The van der Waals surface area contributed by atoms with Gasteiger partial charge in [0.1, 0.15) is 8.07 Å². The Hall–Kier alpha value is -0.693. The molecule has 0 heterocycles. The van der Waals surface area contributed by atoms with Gasteiger partial charge in [-0.1, -0.05) is 33.0 Å². The van der Waals surface area contributed by atoms with Gasteiger partial charge in [-0.15, -0.1) is 5.54 Å². The molecule has 0 aliphatic rings. The van der Waals surface area contributed by atoms with Crippen LogP contribution in [0.2, 0.25) is 19.6 Å². The third kappa shape index (κ3) is 6.40. The first-order chi connectivity index (χ1) is 6.69. The molecule has 4 heteroatoms. The van der Waals surface area contributed by atoms with Crippen LogP contribution < -0.4 is 0 Å². The standard InChI is InChI=1S/C11H18F2OSi/c1-5-6-8-11(12,13)10(14)7-9-15(2,3)4/h5-6,8H2,1-4H3. The summed E-state index contributed by atoms with van der Waals surface area (Å²) in [6.45, 7) is 7.56. The molecule has 1 nitrogen and oxygen atoms in total. The number of Topliss-reactive ketones (excluding diaryl/α,β-unsaturated/α-hetero) is 1. The van der Waals surface area contributed by atoms with Gasteiger partial charge in [-0.3, -0.25) is 4.79 Å². The maximum atomic E-state index is 13.1. The lowest BCUT2D eigenvalue weighted by Gasteiger charge is -2.11. The van der Waals surface area contributed by atoms with Gasteiger partial charge in [0, 0.05) is 6.42 Å². The van der Waals surface area contributed by atoms with Crippen molar-refractivity contribution in [1.29, 1.82) is 0 Å². The number of hydrogen-bond acceptors (Lipinski definition) is 1. The molecule has 0 saturated carbocycles. The highest BCUT2D eigenvalue weighted by atomic mass is 28.3. The summed E-state index contributed by atoms with van der Waals surface area (Å²) in [5.41, 5.74) is 2.66. The van der Waals surface area contributed by atoms with Crippen LogP contribution in [-0.2, 0) is 4.79 Å². The van der Waals surface area contributed by atoms with Crippen LogP contribution in [0.3, 0.4) is 0 Å². The topological polar surface area (TPSA) is 17.1 Å². The van der Waals surface area contributed by atoms with E-state index in [1.807, 2.05) is 26.6 Å². The van der Waals surface area contributed by atoms with Crippen LogP contribution in [0.1, 0.15) is 26.2 Å². The lowest BCUT2D eigenvalue weighted by molar-refractivity contribution is -0.137. The SMILES string of the molecule is CCCCC(F)(F)C(=O)C#C[Si](C)(C)C. The molecule has 0 aromatic rings. The van der Waals surface area contributed by atoms with Gasteiger partial charge in [0.25, 0.3) is 5.78 Å². The van der Waals surface area contributed by atoms with Crippen molar-refractivity contribution >= 4 is 13.9 Å². The van der Waals surface area contributed by atoms with E-state index in [-0.39, 0.29) is 6.42 Å². The molecule has 0 atom stereocenters. The van der Waals surface area contributed by atoms with E-state index in [0.717, 1.165) is 0 Å². The highest BCUT2D eigenvalue weighted by Gasteiger charge is 2.36. The number of carbonyl (C=O) groups is 1. The van der Waals surface area contributed by atoms with E-state index in [1.54, 1.807) is 0 Å². The Morgan fingerprint density at radius 1 is 1.33 bits per heavy atom. The highest BCUT2D eigenvalue weighted by molar-refractivity contribution is 6.84. The predicted molar refractivity (Wildman–Crippen MR) is 60.6 cm³/mol. The Kier molecular flexibility index (Phi) is 5.16. The van der Waals surface area contributed by atoms with E-state index < -0.39 is 19.8 Å². The molecule has 0 bridgehead atoms. The van der Waals surface area contributed by atoms with E-state index in [4.69, 9.17) is 0 Å². The number of rotatable bonds is 4. The number of halogens is 2. The third-order valence-corrected chi connectivity index (χ3v) is 2.60. The number of alkyl halides is 2. The predicted octanol–water partition coefficient (Wildman–Crippen LogP) is 3.26. The van der Waals surface area contributed by atoms with Crippen molar-refractivity contribution in [3.63, 3.8) is 0 Å². The zero-order chi connectivity index (χ0) is 12.1. The zero-order valence-electron chi connectivity index (χ0n) is 9.79. The van der Waals surface area contributed by atoms with Crippen LogP contribution in [0, 0.1) is 11.5 Å². The van der Waals surface area contributed by atoms with E-state index >= 15 is 0 Å². The lowest BCUT2D eigenvalue weighted by atomic mass is 10.1. The third-order valence-electron chi connectivity index (χ3n) is 1.73. The fraction of sp³-hybridized carbons (Fsp3) is 0.727. The van der Waals surface area contributed by atoms with Crippen molar-refractivity contribution in [2.45, 2.75) is 51.7 Å². The minimum Gasteiger partial charge on any atom is -0.278 e. The monoisotopic (exact) mass is 232 g/mol. The minimum absolute atomic E-state index is 0.355. The van der Waals surface area contributed by atoms with Gasteiger partial charge in [0.05, 0.1) is 0 Å². The van der Waals surface area contributed by atoms with Crippen LogP contribution in [0.5, 0.6) is 0 Å². The Balaban J connectivity index is 4.48. The molecule has 0 aromatic heterocycles. The second kappa shape index (κ2) is 5.41. The van der Waals surface area contributed by atoms with Gasteiger partial charge in [-0.25, -0.2) is 0 Å². The first kappa shape index (κ1) is 14.3.